The van der Waals surface area contributed by atoms with Gasteiger partial charge < -0.3 is 10.1 Å². The fourth-order valence-corrected chi connectivity index (χ4v) is 3.41. The van der Waals surface area contributed by atoms with Gasteiger partial charge in [0.15, 0.2) is 5.16 Å². The number of thioether (sulfide) groups is 1. The van der Waals surface area contributed by atoms with Crippen molar-refractivity contribution in [1.82, 2.24) is 14.8 Å². The third kappa shape index (κ3) is 4.49. The molecule has 27 heavy (non-hydrogen) atoms. The zero-order chi connectivity index (χ0) is 19.2. The standard InChI is InChI=1S/C20H22N4O2S/c1-4-15-9-11-16(12-10-15)22-19(25)14(2)27-20-23-21-13-24(20)17-7-5-6-8-18(17)26-3/h5-14H,4H2,1-3H3,(H,22,25)/t14-/m1/s1. The second-order valence-corrected chi connectivity index (χ2v) is 7.26. The second-order valence-electron chi connectivity index (χ2n) is 5.96. The van der Waals surface area contributed by atoms with Crippen LogP contribution in [0.3, 0.4) is 0 Å². The van der Waals surface area contributed by atoms with Crippen LogP contribution >= 0.6 is 11.8 Å². The minimum absolute atomic E-state index is 0.0844. The van der Waals surface area contributed by atoms with Gasteiger partial charge in [-0.2, -0.15) is 0 Å². The molecule has 1 N–H and O–H groups in total. The number of hydrogen-bond acceptors (Lipinski definition) is 5. The van der Waals surface area contributed by atoms with Gasteiger partial charge in [-0.3, -0.25) is 9.36 Å². The zero-order valence-corrected chi connectivity index (χ0v) is 16.4. The summed E-state index contributed by atoms with van der Waals surface area (Å²) >= 11 is 1.35. The second kappa shape index (κ2) is 8.73. The third-order valence-electron chi connectivity index (χ3n) is 4.14. The quantitative estimate of drug-likeness (QED) is 0.627. The minimum Gasteiger partial charge on any atom is -0.495 e. The Balaban J connectivity index is 1.72. The number of nitrogens with one attached hydrogen (secondary N) is 1. The highest BCUT2D eigenvalue weighted by Crippen LogP contribution is 2.29. The molecule has 6 nitrogen and oxygen atoms in total. The number of hydrogen-bond donors (Lipinski definition) is 1. The number of methoxy groups -OCH3 is 1. The van der Waals surface area contributed by atoms with Crippen molar-refractivity contribution in [1.29, 1.82) is 0 Å². The zero-order valence-electron chi connectivity index (χ0n) is 15.5. The Bertz CT molecular complexity index is 908. The molecule has 1 amide bonds. The summed E-state index contributed by atoms with van der Waals surface area (Å²) in [6, 6.07) is 15.5. The first kappa shape index (κ1) is 19.0. The number of amides is 1. The van der Waals surface area contributed by atoms with Crippen LogP contribution in [0.15, 0.2) is 60.0 Å². The molecule has 0 aliphatic heterocycles. The van der Waals surface area contributed by atoms with Crippen LogP contribution < -0.4 is 10.1 Å². The average Bonchev–Trinajstić information content (AvgIpc) is 3.16. The topological polar surface area (TPSA) is 69.0 Å². The van der Waals surface area contributed by atoms with E-state index in [4.69, 9.17) is 4.74 Å². The molecule has 7 heteroatoms. The van der Waals surface area contributed by atoms with E-state index in [0.717, 1.165) is 17.8 Å². The first-order chi connectivity index (χ1) is 13.1. The molecule has 0 spiro atoms. The first-order valence-corrected chi connectivity index (χ1v) is 9.60. The Hall–Kier alpha value is -2.80. The van der Waals surface area contributed by atoms with Crippen molar-refractivity contribution in [3.63, 3.8) is 0 Å². The SMILES string of the molecule is CCc1ccc(NC(=O)[C@@H](C)Sc2nncn2-c2ccccc2OC)cc1. The molecule has 0 aliphatic rings. The average molecular weight is 382 g/mol. The number of aryl methyl sites for hydroxylation is 1. The van der Waals surface area contributed by atoms with Crippen LogP contribution in [0.5, 0.6) is 5.75 Å². The Morgan fingerprint density at radius 3 is 2.67 bits per heavy atom. The molecule has 0 saturated heterocycles. The molecule has 0 fully saturated rings. The van der Waals surface area contributed by atoms with Crippen LogP contribution in [0.25, 0.3) is 5.69 Å². The molecular weight excluding hydrogens is 360 g/mol. The number of ether oxygens (including phenoxy) is 1. The lowest BCUT2D eigenvalue weighted by molar-refractivity contribution is -0.115. The number of rotatable bonds is 7. The normalized spacial score (nSPS) is 11.8. The number of carbonyl (C=O) groups excluding carboxylic acids is 1. The Kier molecular flexibility index (Phi) is 6.13. The molecule has 140 valence electrons. The van der Waals surface area contributed by atoms with E-state index < -0.39 is 0 Å². The maximum atomic E-state index is 12.5. The molecule has 0 radical (unpaired) electrons. The van der Waals surface area contributed by atoms with E-state index in [0.29, 0.717) is 10.9 Å². The Morgan fingerprint density at radius 2 is 1.96 bits per heavy atom. The van der Waals surface area contributed by atoms with E-state index in [1.54, 1.807) is 13.4 Å². The van der Waals surface area contributed by atoms with E-state index >= 15 is 0 Å². The molecule has 1 heterocycles. The summed E-state index contributed by atoms with van der Waals surface area (Å²) in [6.07, 6.45) is 2.59. The fourth-order valence-electron chi connectivity index (χ4n) is 2.58. The summed E-state index contributed by atoms with van der Waals surface area (Å²) in [4.78, 5) is 12.5. The number of para-hydroxylation sites is 2. The lowest BCUT2D eigenvalue weighted by atomic mass is 10.1. The van der Waals surface area contributed by atoms with Crippen molar-refractivity contribution in [2.24, 2.45) is 0 Å². The maximum absolute atomic E-state index is 12.5. The largest absolute Gasteiger partial charge is 0.495 e. The lowest BCUT2D eigenvalue weighted by Gasteiger charge is -2.14. The van der Waals surface area contributed by atoms with E-state index in [1.807, 2.05) is 60.0 Å². The predicted molar refractivity (Wildman–Crippen MR) is 108 cm³/mol. The molecule has 0 unspecified atom stereocenters. The molecule has 3 rings (SSSR count). The van der Waals surface area contributed by atoms with E-state index in [2.05, 4.69) is 22.4 Å². The first-order valence-electron chi connectivity index (χ1n) is 8.72. The van der Waals surface area contributed by atoms with Gasteiger partial charge in [-0.25, -0.2) is 0 Å². The highest BCUT2D eigenvalue weighted by molar-refractivity contribution is 8.00. The molecule has 2 aromatic carbocycles. The summed E-state index contributed by atoms with van der Waals surface area (Å²) in [5, 5.41) is 11.4. The summed E-state index contributed by atoms with van der Waals surface area (Å²) in [6.45, 7) is 3.95. The highest BCUT2D eigenvalue weighted by Gasteiger charge is 2.19. The van der Waals surface area contributed by atoms with Gasteiger partial charge in [0, 0.05) is 5.69 Å². The number of aromatic nitrogens is 3. The molecule has 0 aliphatic carbocycles. The maximum Gasteiger partial charge on any atom is 0.237 e. The summed E-state index contributed by atoms with van der Waals surface area (Å²) in [5.74, 6) is 0.631. The van der Waals surface area contributed by atoms with Crippen LogP contribution in [0.1, 0.15) is 19.4 Å². The highest BCUT2D eigenvalue weighted by atomic mass is 32.2. The van der Waals surface area contributed by atoms with Gasteiger partial charge in [0.2, 0.25) is 5.91 Å². The van der Waals surface area contributed by atoms with Crippen LogP contribution in [0.2, 0.25) is 0 Å². The van der Waals surface area contributed by atoms with E-state index in [9.17, 15) is 4.79 Å². The molecule has 1 atom stereocenters. The van der Waals surface area contributed by atoms with Crippen molar-refractivity contribution >= 4 is 23.4 Å². The van der Waals surface area contributed by atoms with Gasteiger partial charge in [-0.15, -0.1) is 10.2 Å². The summed E-state index contributed by atoms with van der Waals surface area (Å²) in [5.41, 5.74) is 2.85. The van der Waals surface area contributed by atoms with Gasteiger partial charge in [-0.05, 0) is 43.2 Å². The van der Waals surface area contributed by atoms with Crippen molar-refractivity contribution in [2.75, 3.05) is 12.4 Å². The van der Waals surface area contributed by atoms with E-state index in [1.165, 1.54) is 17.3 Å². The molecule has 0 bridgehead atoms. The minimum atomic E-state index is -0.339. The summed E-state index contributed by atoms with van der Waals surface area (Å²) in [7, 11) is 1.62. The fraction of sp³-hybridized carbons (Fsp3) is 0.250. The molecular formula is C20H22N4O2S. The van der Waals surface area contributed by atoms with Crippen LogP contribution in [0.4, 0.5) is 5.69 Å². The predicted octanol–water partition coefficient (Wildman–Crippen LogP) is 3.96. The number of nitrogens with zero attached hydrogens (tertiary/aromatic N) is 3. The lowest BCUT2D eigenvalue weighted by Crippen LogP contribution is -2.22. The van der Waals surface area contributed by atoms with Crippen LogP contribution in [-0.4, -0.2) is 33.0 Å². The smallest absolute Gasteiger partial charge is 0.237 e. The number of anilines is 1. The van der Waals surface area contributed by atoms with Crippen molar-refractivity contribution in [3.05, 3.63) is 60.4 Å². The van der Waals surface area contributed by atoms with Gasteiger partial charge in [-0.1, -0.05) is 43.0 Å². The Labute approximate surface area is 163 Å². The van der Waals surface area contributed by atoms with Gasteiger partial charge in [0.05, 0.1) is 18.0 Å². The van der Waals surface area contributed by atoms with Gasteiger partial charge >= 0.3 is 0 Å². The summed E-state index contributed by atoms with van der Waals surface area (Å²) < 4.78 is 7.23. The monoisotopic (exact) mass is 382 g/mol. The van der Waals surface area contributed by atoms with Gasteiger partial charge in [0.1, 0.15) is 12.1 Å². The van der Waals surface area contributed by atoms with Crippen LogP contribution in [-0.2, 0) is 11.2 Å². The van der Waals surface area contributed by atoms with Crippen molar-refractivity contribution in [2.45, 2.75) is 30.7 Å². The van der Waals surface area contributed by atoms with Crippen molar-refractivity contribution in [3.8, 4) is 11.4 Å². The van der Waals surface area contributed by atoms with Crippen molar-refractivity contribution < 1.29 is 9.53 Å². The number of benzene rings is 2. The van der Waals surface area contributed by atoms with Crippen LogP contribution in [0, 0.1) is 0 Å². The third-order valence-corrected chi connectivity index (χ3v) is 5.20. The molecule has 3 aromatic rings. The van der Waals surface area contributed by atoms with E-state index in [-0.39, 0.29) is 11.2 Å². The van der Waals surface area contributed by atoms with Gasteiger partial charge in [0.25, 0.3) is 0 Å². The number of carbonyl (C=O) groups is 1. The Morgan fingerprint density at radius 1 is 1.22 bits per heavy atom. The molecule has 0 saturated carbocycles. The molecule has 1 aromatic heterocycles.